The predicted molar refractivity (Wildman–Crippen MR) is 112 cm³/mol. The Labute approximate surface area is 172 Å². The van der Waals surface area contributed by atoms with Gasteiger partial charge in [0.05, 0.1) is 12.1 Å². The van der Waals surface area contributed by atoms with Crippen LogP contribution in [-0.4, -0.2) is 45.0 Å². The molecule has 0 spiro atoms. The van der Waals surface area contributed by atoms with Crippen LogP contribution in [0.4, 0.5) is 4.79 Å². The first-order chi connectivity index (χ1) is 13.2. The highest BCUT2D eigenvalue weighted by Crippen LogP contribution is 2.44. The van der Waals surface area contributed by atoms with Gasteiger partial charge in [-0.2, -0.15) is 0 Å². The average Bonchev–Trinajstić information content (AvgIpc) is 3.28. The molecule has 1 saturated heterocycles. The molecule has 1 unspecified atom stereocenters. The Morgan fingerprint density at radius 3 is 2.36 bits per heavy atom. The summed E-state index contributed by atoms with van der Waals surface area (Å²) in [5.74, 6) is 0.0840. The van der Waals surface area contributed by atoms with Gasteiger partial charge in [-0.05, 0) is 41.6 Å². The van der Waals surface area contributed by atoms with E-state index in [1.807, 2.05) is 12.1 Å². The first kappa shape index (κ1) is 20.6. The fraction of sp³-hybridized carbons (Fsp3) is 0.409. The summed E-state index contributed by atoms with van der Waals surface area (Å²) in [5.41, 5.74) is 4.73. The van der Waals surface area contributed by atoms with Gasteiger partial charge in [0.1, 0.15) is 6.61 Å². The van der Waals surface area contributed by atoms with Crippen LogP contribution in [0, 0.1) is 0 Å². The fourth-order valence-corrected chi connectivity index (χ4v) is 4.36. The quantitative estimate of drug-likeness (QED) is 0.773. The normalized spacial score (nSPS) is 20.2. The Morgan fingerprint density at radius 2 is 1.79 bits per heavy atom. The Balaban J connectivity index is 0.00000225. The maximum absolute atomic E-state index is 12.3. The van der Waals surface area contributed by atoms with Gasteiger partial charge in [0, 0.05) is 19.6 Å². The Bertz CT molecular complexity index is 775. The van der Waals surface area contributed by atoms with E-state index in [4.69, 9.17) is 9.47 Å². The summed E-state index contributed by atoms with van der Waals surface area (Å²) in [7, 11) is 1.69. The topological polar surface area (TPSA) is 59.6 Å². The minimum Gasteiger partial charge on any atom is -0.449 e. The van der Waals surface area contributed by atoms with Crippen molar-refractivity contribution in [3.63, 3.8) is 0 Å². The second-order valence-electron chi connectivity index (χ2n) is 7.42. The molecule has 6 heteroatoms. The molecular formula is C22H27ClN2O3. The van der Waals surface area contributed by atoms with Gasteiger partial charge in [-0.1, -0.05) is 48.5 Å². The molecule has 1 atom stereocenters. The van der Waals surface area contributed by atoms with Crippen LogP contribution in [0.2, 0.25) is 0 Å². The van der Waals surface area contributed by atoms with E-state index in [0.717, 1.165) is 19.4 Å². The Morgan fingerprint density at radius 1 is 1.14 bits per heavy atom. The van der Waals surface area contributed by atoms with E-state index in [1.165, 1.54) is 22.3 Å². The third kappa shape index (κ3) is 4.02. The zero-order chi connectivity index (χ0) is 18.7. The summed E-state index contributed by atoms with van der Waals surface area (Å²) in [5, 5.41) is 6.37. The molecule has 1 aliphatic carbocycles. The van der Waals surface area contributed by atoms with Crippen molar-refractivity contribution in [2.24, 2.45) is 0 Å². The summed E-state index contributed by atoms with van der Waals surface area (Å²) >= 11 is 0. The maximum atomic E-state index is 12.3. The lowest BCUT2D eigenvalue weighted by molar-refractivity contribution is 0.109. The van der Waals surface area contributed by atoms with Crippen molar-refractivity contribution in [1.29, 1.82) is 0 Å². The number of hydrogen-bond donors (Lipinski definition) is 2. The second kappa shape index (κ2) is 8.95. The molecule has 0 bridgehead atoms. The van der Waals surface area contributed by atoms with E-state index in [-0.39, 0.29) is 30.0 Å². The van der Waals surface area contributed by atoms with Crippen LogP contribution >= 0.6 is 12.4 Å². The fourth-order valence-electron chi connectivity index (χ4n) is 4.36. The molecule has 1 amide bonds. The van der Waals surface area contributed by atoms with Crippen molar-refractivity contribution in [2.75, 3.05) is 33.4 Å². The molecule has 28 heavy (non-hydrogen) atoms. The zero-order valence-corrected chi connectivity index (χ0v) is 16.9. The minimum absolute atomic E-state index is 0. The number of benzene rings is 2. The highest BCUT2D eigenvalue weighted by atomic mass is 35.5. The molecule has 1 heterocycles. The second-order valence-corrected chi connectivity index (χ2v) is 7.42. The van der Waals surface area contributed by atoms with Crippen molar-refractivity contribution in [1.82, 2.24) is 10.6 Å². The number of ether oxygens (including phenoxy) is 2. The summed E-state index contributed by atoms with van der Waals surface area (Å²) < 4.78 is 10.9. The van der Waals surface area contributed by atoms with E-state index in [0.29, 0.717) is 19.8 Å². The van der Waals surface area contributed by atoms with Gasteiger partial charge < -0.3 is 20.1 Å². The number of fused-ring (bicyclic) bond motifs is 3. The molecule has 0 saturated carbocycles. The molecule has 150 valence electrons. The summed E-state index contributed by atoms with van der Waals surface area (Å²) in [6.45, 7) is 2.38. The lowest BCUT2D eigenvalue weighted by Gasteiger charge is -2.28. The van der Waals surface area contributed by atoms with Gasteiger partial charge in [-0.25, -0.2) is 4.79 Å². The van der Waals surface area contributed by atoms with E-state index >= 15 is 0 Å². The SMILES string of the molecule is COCC1(CNC(=O)OCC2c3ccccc3-c3ccccc32)CCCN1.Cl. The van der Waals surface area contributed by atoms with Gasteiger partial charge >= 0.3 is 6.09 Å². The lowest BCUT2D eigenvalue weighted by atomic mass is 9.98. The number of amides is 1. The third-order valence-electron chi connectivity index (χ3n) is 5.67. The van der Waals surface area contributed by atoms with Crippen LogP contribution in [0.25, 0.3) is 11.1 Å². The molecule has 5 nitrogen and oxygen atoms in total. The number of carbonyl (C=O) groups is 1. The Kier molecular flexibility index (Phi) is 6.60. The highest BCUT2D eigenvalue weighted by Gasteiger charge is 2.34. The van der Waals surface area contributed by atoms with Crippen molar-refractivity contribution in [2.45, 2.75) is 24.3 Å². The zero-order valence-electron chi connectivity index (χ0n) is 16.1. The molecule has 4 rings (SSSR count). The lowest BCUT2D eigenvalue weighted by Crippen LogP contribution is -2.53. The Hall–Kier alpha value is -2.08. The van der Waals surface area contributed by atoms with E-state index in [2.05, 4.69) is 47.0 Å². The summed E-state index contributed by atoms with van der Waals surface area (Å²) in [6.07, 6.45) is 1.71. The number of hydrogen-bond acceptors (Lipinski definition) is 4. The van der Waals surface area contributed by atoms with Gasteiger partial charge in [0.2, 0.25) is 0 Å². The summed E-state index contributed by atoms with van der Waals surface area (Å²) in [4.78, 5) is 12.3. The molecule has 0 aromatic heterocycles. The van der Waals surface area contributed by atoms with Crippen LogP contribution in [-0.2, 0) is 9.47 Å². The number of halogens is 1. The number of nitrogens with one attached hydrogen (secondary N) is 2. The van der Waals surface area contributed by atoms with Crippen LogP contribution in [0.15, 0.2) is 48.5 Å². The van der Waals surface area contributed by atoms with Gasteiger partial charge in [0.15, 0.2) is 0 Å². The third-order valence-corrected chi connectivity index (χ3v) is 5.67. The number of rotatable bonds is 6. The molecule has 1 fully saturated rings. The van der Waals surface area contributed by atoms with E-state index < -0.39 is 0 Å². The van der Waals surface area contributed by atoms with Crippen molar-refractivity contribution >= 4 is 18.5 Å². The highest BCUT2D eigenvalue weighted by molar-refractivity contribution is 5.85. The maximum Gasteiger partial charge on any atom is 0.407 e. The molecule has 0 radical (unpaired) electrons. The number of alkyl carbamates (subject to hydrolysis) is 1. The predicted octanol–water partition coefficient (Wildman–Crippen LogP) is 3.72. The standard InChI is InChI=1S/C22H26N2O3.ClH/c1-26-15-22(11-6-12-24-22)14-23-21(25)27-13-20-18-9-4-2-7-16(18)17-8-3-5-10-19(17)20;/h2-5,7-10,20,24H,6,11-15H2,1H3,(H,23,25);1H. The number of methoxy groups -OCH3 is 1. The number of carbonyl (C=O) groups excluding carboxylic acids is 1. The van der Waals surface area contributed by atoms with Crippen LogP contribution in [0.1, 0.15) is 29.9 Å². The van der Waals surface area contributed by atoms with Gasteiger partial charge in [-0.15, -0.1) is 12.4 Å². The minimum atomic E-state index is -0.374. The summed E-state index contributed by atoms with van der Waals surface area (Å²) in [6, 6.07) is 16.7. The molecular weight excluding hydrogens is 376 g/mol. The van der Waals surface area contributed by atoms with Crippen LogP contribution in [0.5, 0.6) is 0 Å². The first-order valence-corrected chi connectivity index (χ1v) is 9.55. The first-order valence-electron chi connectivity index (χ1n) is 9.55. The molecule has 2 aromatic rings. The van der Waals surface area contributed by atoms with Crippen molar-refractivity contribution in [3.05, 3.63) is 59.7 Å². The van der Waals surface area contributed by atoms with Crippen molar-refractivity contribution in [3.8, 4) is 11.1 Å². The van der Waals surface area contributed by atoms with Crippen LogP contribution < -0.4 is 10.6 Å². The molecule has 2 aliphatic rings. The molecule has 2 N–H and O–H groups in total. The van der Waals surface area contributed by atoms with E-state index in [1.54, 1.807) is 7.11 Å². The van der Waals surface area contributed by atoms with Gasteiger partial charge in [0.25, 0.3) is 0 Å². The van der Waals surface area contributed by atoms with Crippen molar-refractivity contribution < 1.29 is 14.3 Å². The van der Waals surface area contributed by atoms with Gasteiger partial charge in [-0.3, -0.25) is 0 Å². The monoisotopic (exact) mass is 402 g/mol. The average molecular weight is 403 g/mol. The smallest absolute Gasteiger partial charge is 0.407 e. The molecule has 1 aliphatic heterocycles. The van der Waals surface area contributed by atoms with E-state index in [9.17, 15) is 4.79 Å². The molecule has 2 aromatic carbocycles. The van der Waals surface area contributed by atoms with Crippen LogP contribution in [0.3, 0.4) is 0 Å². The largest absolute Gasteiger partial charge is 0.449 e.